The van der Waals surface area contributed by atoms with Crippen molar-refractivity contribution in [2.75, 3.05) is 26.9 Å². The van der Waals surface area contributed by atoms with Gasteiger partial charge >= 0.3 is 0 Å². The Morgan fingerprint density at radius 3 is 2.67 bits per heavy atom. The standard InChI is InChI=1S/C11H22O4/c1-5-13-11-9(12-4)6-15-10(11)7-14-8(2)3/h8-11H,5-7H2,1-4H3/t9?,10-,11?/m1/s1. The first-order chi connectivity index (χ1) is 7.19. The first kappa shape index (κ1) is 12.9. The molecule has 3 atom stereocenters. The molecule has 0 aliphatic carbocycles. The Morgan fingerprint density at radius 1 is 1.40 bits per heavy atom. The first-order valence-electron chi connectivity index (χ1n) is 5.56. The van der Waals surface area contributed by atoms with E-state index in [1.807, 2.05) is 20.8 Å². The van der Waals surface area contributed by atoms with E-state index in [1.165, 1.54) is 0 Å². The molecular formula is C11H22O4. The molecule has 2 unspecified atom stereocenters. The third-order valence-electron chi connectivity index (χ3n) is 2.46. The highest BCUT2D eigenvalue weighted by molar-refractivity contribution is 4.85. The maximum absolute atomic E-state index is 5.62. The molecule has 0 spiro atoms. The van der Waals surface area contributed by atoms with Gasteiger partial charge in [-0.05, 0) is 20.8 Å². The average Bonchev–Trinajstić information content (AvgIpc) is 2.58. The number of rotatable bonds is 6. The van der Waals surface area contributed by atoms with Gasteiger partial charge in [-0.25, -0.2) is 0 Å². The fraction of sp³-hybridized carbons (Fsp3) is 1.00. The van der Waals surface area contributed by atoms with Gasteiger partial charge in [0, 0.05) is 13.7 Å². The van der Waals surface area contributed by atoms with Crippen LogP contribution >= 0.6 is 0 Å². The SMILES string of the molecule is CCOC1C(OC)CO[C@@H]1COC(C)C. The highest BCUT2D eigenvalue weighted by Gasteiger charge is 2.38. The van der Waals surface area contributed by atoms with Crippen molar-refractivity contribution < 1.29 is 18.9 Å². The molecule has 0 aromatic rings. The first-order valence-corrected chi connectivity index (χ1v) is 5.56. The van der Waals surface area contributed by atoms with Crippen molar-refractivity contribution in [2.45, 2.75) is 45.2 Å². The quantitative estimate of drug-likeness (QED) is 0.672. The monoisotopic (exact) mass is 218 g/mol. The minimum Gasteiger partial charge on any atom is -0.376 e. The molecule has 4 nitrogen and oxygen atoms in total. The Morgan fingerprint density at radius 2 is 2.13 bits per heavy atom. The Kier molecular flexibility index (Phi) is 5.53. The summed E-state index contributed by atoms with van der Waals surface area (Å²) in [5.41, 5.74) is 0. The Bertz CT molecular complexity index is 172. The molecule has 0 amide bonds. The van der Waals surface area contributed by atoms with Crippen LogP contribution < -0.4 is 0 Å². The van der Waals surface area contributed by atoms with Gasteiger partial charge in [0.1, 0.15) is 18.3 Å². The van der Waals surface area contributed by atoms with E-state index >= 15 is 0 Å². The van der Waals surface area contributed by atoms with Crippen LogP contribution in [0.15, 0.2) is 0 Å². The summed E-state index contributed by atoms with van der Waals surface area (Å²) in [7, 11) is 1.69. The van der Waals surface area contributed by atoms with E-state index in [0.29, 0.717) is 19.8 Å². The summed E-state index contributed by atoms with van der Waals surface area (Å²) in [6, 6.07) is 0. The van der Waals surface area contributed by atoms with Crippen LogP contribution in [0.5, 0.6) is 0 Å². The van der Waals surface area contributed by atoms with E-state index in [-0.39, 0.29) is 24.4 Å². The van der Waals surface area contributed by atoms with E-state index in [9.17, 15) is 0 Å². The second-order valence-electron chi connectivity index (χ2n) is 3.95. The van der Waals surface area contributed by atoms with Crippen LogP contribution in [0.4, 0.5) is 0 Å². The van der Waals surface area contributed by atoms with E-state index in [0.717, 1.165) is 0 Å². The van der Waals surface area contributed by atoms with Crippen LogP contribution in [-0.4, -0.2) is 51.3 Å². The average molecular weight is 218 g/mol. The second-order valence-corrected chi connectivity index (χ2v) is 3.95. The van der Waals surface area contributed by atoms with Crippen molar-refractivity contribution in [3.63, 3.8) is 0 Å². The molecule has 15 heavy (non-hydrogen) atoms. The van der Waals surface area contributed by atoms with E-state index < -0.39 is 0 Å². The van der Waals surface area contributed by atoms with Gasteiger partial charge in [0.2, 0.25) is 0 Å². The van der Waals surface area contributed by atoms with Gasteiger partial charge in [-0.3, -0.25) is 0 Å². The molecule has 0 radical (unpaired) electrons. The summed E-state index contributed by atoms with van der Waals surface area (Å²) < 4.78 is 22.1. The van der Waals surface area contributed by atoms with Crippen molar-refractivity contribution in [3.8, 4) is 0 Å². The number of hydrogen-bond donors (Lipinski definition) is 0. The normalized spacial score (nSPS) is 31.4. The third-order valence-corrected chi connectivity index (χ3v) is 2.46. The molecule has 1 aliphatic rings. The van der Waals surface area contributed by atoms with Crippen molar-refractivity contribution in [1.82, 2.24) is 0 Å². The number of methoxy groups -OCH3 is 1. The summed E-state index contributed by atoms with van der Waals surface area (Å²) in [5, 5.41) is 0. The van der Waals surface area contributed by atoms with Crippen LogP contribution in [0.2, 0.25) is 0 Å². The van der Waals surface area contributed by atoms with Crippen molar-refractivity contribution in [2.24, 2.45) is 0 Å². The van der Waals surface area contributed by atoms with Gasteiger partial charge in [0.15, 0.2) is 0 Å². The lowest BCUT2D eigenvalue weighted by atomic mass is 10.1. The van der Waals surface area contributed by atoms with Gasteiger partial charge in [-0.1, -0.05) is 0 Å². The summed E-state index contributed by atoms with van der Waals surface area (Å²) in [6.07, 6.45) is 0.249. The molecule has 0 saturated carbocycles. The van der Waals surface area contributed by atoms with Crippen LogP contribution in [0.3, 0.4) is 0 Å². The summed E-state index contributed by atoms with van der Waals surface area (Å²) >= 11 is 0. The zero-order valence-electron chi connectivity index (χ0n) is 10.1. The summed E-state index contributed by atoms with van der Waals surface area (Å²) in [5.74, 6) is 0. The zero-order valence-corrected chi connectivity index (χ0v) is 10.1. The van der Waals surface area contributed by atoms with Gasteiger partial charge in [0.05, 0.1) is 19.3 Å². The fourth-order valence-corrected chi connectivity index (χ4v) is 1.69. The Balaban J connectivity index is 2.41. The maximum atomic E-state index is 5.62. The predicted octanol–water partition coefficient (Wildman–Crippen LogP) is 1.23. The summed E-state index contributed by atoms with van der Waals surface area (Å²) in [6.45, 7) is 7.84. The highest BCUT2D eigenvalue weighted by atomic mass is 16.6. The van der Waals surface area contributed by atoms with E-state index in [2.05, 4.69) is 0 Å². The smallest absolute Gasteiger partial charge is 0.114 e. The molecule has 4 heteroatoms. The maximum Gasteiger partial charge on any atom is 0.114 e. The van der Waals surface area contributed by atoms with Crippen LogP contribution in [0, 0.1) is 0 Å². The van der Waals surface area contributed by atoms with E-state index in [4.69, 9.17) is 18.9 Å². The molecule has 1 aliphatic heterocycles. The summed E-state index contributed by atoms with van der Waals surface area (Å²) in [4.78, 5) is 0. The second kappa shape index (κ2) is 6.43. The van der Waals surface area contributed by atoms with Gasteiger partial charge in [0.25, 0.3) is 0 Å². The lowest BCUT2D eigenvalue weighted by Crippen LogP contribution is -2.37. The molecule has 0 aromatic heterocycles. The van der Waals surface area contributed by atoms with Crippen molar-refractivity contribution in [3.05, 3.63) is 0 Å². The third kappa shape index (κ3) is 3.72. The lowest BCUT2D eigenvalue weighted by Gasteiger charge is -2.22. The highest BCUT2D eigenvalue weighted by Crippen LogP contribution is 2.20. The molecule has 0 N–H and O–H groups in total. The van der Waals surface area contributed by atoms with Crippen molar-refractivity contribution in [1.29, 1.82) is 0 Å². The molecule has 90 valence electrons. The molecular weight excluding hydrogens is 196 g/mol. The van der Waals surface area contributed by atoms with E-state index in [1.54, 1.807) is 7.11 Å². The molecule has 1 heterocycles. The Labute approximate surface area is 91.8 Å². The van der Waals surface area contributed by atoms with Crippen molar-refractivity contribution >= 4 is 0 Å². The molecule has 0 bridgehead atoms. The van der Waals surface area contributed by atoms with Crippen LogP contribution in [0.1, 0.15) is 20.8 Å². The minimum atomic E-state index is -0.00250. The lowest BCUT2D eigenvalue weighted by molar-refractivity contribution is -0.0760. The fourth-order valence-electron chi connectivity index (χ4n) is 1.69. The van der Waals surface area contributed by atoms with Gasteiger partial charge < -0.3 is 18.9 Å². The predicted molar refractivity (Wildman–Crippen MR) is 57.0 cm³/mol. The molecule has 1 saturated heterocycles. The number of hydrogen-bond acceptors (Lipinski definition) is 4. The topological polar surface area (TPSA) is 36.9 Å². The number of ether oxygens (including phenoxy) is 4. The van der Waals surface area contributed by atoms with Gasteiger partial charge in [-0.15, -0.1) is 0 Å². The minimum absolute atomic E-state index is 0.00116. The van der Waals surface area contributed by atoms with Crippen LogP contribution in [0.25, 0.3) is 0 Å². The Hall–Kier alpha value is -0.160. The van der Waals surface area contributed by atoms with Gasteiger partial charge in [-0.2, -0.15) is 0 Å². The molecule has 0 aromatic carbocycles. The largest absolute Gasteiger partial charge is 0.376 e. The molecule has 1 rings (SSSR count). The molecule has 1 fully saturated rings. The van der Waals surface area contributed by atoms with Crippen LogP contribution in [-0.2, 0) is 18.9 Å². The zero-order chi connectivity index (χ0) is 11.3.